The van der Waals surface area contributed by atoms with Crippen molar-refractivity contribution >= 4 is 29.8 Å². The first-order chi connectivity index (χ1) is 17.4. The summed E-state index contributed by atoms with van der Waals surface area (Å²) in [5.41, 5.74) is -0.941. The molecular weight excluding hydrogens is 484 g/mol. The predicted octanol–water partition coefficient (Wildman–Crippen LogP) is 0.143. The van der Waals surface area contributed by atoms with Crippen molar-refractivity contribution in [2.45, 2.75) is 77.6 Å². The molecule has 6 atom stereocenters. The first-order valence-electron chi connectivity index (χ1n) is 12.8. The Bertz CT molecular complexity index is 890. The smallest absolute Gasteiger partial charge is 0.407 e. The summed E-state index contributed by atoms with van der Waals surface area (Å²) in [5.74, 6) is -2.41. The molecule has 208 valence electrons. The monoisotopic (exact) mass is 524 g/mol. The molecule has 0 aromatic rings. The maximum atomic E-state index is 13.4. The first kappa shape index (κ1) is 30.1. The maximum Gasteiger partial charge on any atom is 0.407 e. The van der Waals surface area contributed by atoms with Crippen molar-refractivity contribution in [1.82, 2.24) is 21.3 Å². The Morgan fingerprint density at radius 2 is 1.78 bits per heavy atom. The van der Waals surface area contributed by atoms with Gasteiger partial charge in [0.15, 0.2) is 0 Å². The van der Waals surface area contributed by atoms with Crippen LogP contribution in [0.4, 0.5) is 4.79 Å². The molecule has 12 heteroatoms. The van der Waals surface area contributed by atoms with Gasteiger partial charge in [-0.3, -0.25) is 14.4 Å². The molecule has 4 amide bonds. The summed E-state index contributed by atoms with van der Waals surface area (Å²) in [4.78, 5) is 62.5. The van der Waals surface area contributed by atoms with E-state index in [-0.39, 0.29) is 43.3 Å². The summed E-state index contributed by atoms with van der Waals surface area (Å²) in [7, 11) is 0. The van der Waals surface area contributed by atoms with Gasteiger partial charge in [-0.15, -0.1) is 0 Å². The van der Waals surface area contributed by atoms with E-state index in [9.17, 15) is 29.1 Å². The fraction of sp³-hybridized carbons (Fsp3) is 0.720. The molecule has 12 nitrogen and oxygen atoms in total. The highest BCUT2D eigenvalue weighted by molar-refractivity contribution is 5.92. The Morgan fingerprint density at radius 3 is 2.32 bits per heavy atom. The number of ether oxygens (including phenoxy) is 2. The molecule has 0 radical (unpaired) electrons. The van der Waals surface area contributed by atoms with E-state index in [4.69, 9.17) is 9.47 Å². The van der Waals surface area contributed by atoms with E-state index in [1.54, 1.807) is 19.9 Å². The Kier molecular flexibility index (Phi) is 10.9. The van der Waals surface area contributed by atoms with Crippen molar-refractivity contribution < 1.29 is 38.6 Å². The molecule has 0 aromatic heterocycles. The number of aliphatic hydroxyl groups excluding tert-OH is 1. The van der Waals surface area contributed by atoms with Crippen molar-refractivity contribution in [2.75, 3.05) is 19.8 Å². The molecule has 1 saturated carbocycles. The van der Waals surface area contributed by atoms with Gasteiger partial charge in [0.05, 0.1) is 24.9 Å². The minimum absolute atomic E-state index is 0.0145. The average Bonchev–Trinajstić information content (AvgIpc) is 3.34. The summed E-state index contributed by atoms with van der Waals surface area (Å²) in [6.45, 7) is 9.22. The quantitative estimate of drug-likeness (QED) is 0.167. The lowest BCUT2D eigenvalue weighted by molar-refractivity contribution is -0.137. The van der Waals surface area contributed by atoms with Crippen molar-refractivity contribution in [1.29, 1.82) is 0 Å². The van der Waals surface area contributed by atoms with Crippen molar-refractivity contribution in [3.8, 4) is 0 Å². The van der Waals surface area contributed by atoms with E-state index in [1.165, 1.54) is 13.0 Å². The van der Waals surface area contributed by atoms with Crippen LogP contribution in [-0.4, -0.2) is 78.4 Å². The van der Waals surface area contributed by atoms with Crippen LogP contribution in [0.5, 0.6) is 0 Å². The van der Waals surface area contributed by atoms with Gasteiger partial charge in [0.2, 0.25) is 17.7 Å². The Balaban J connectivity index is 2.21. The van der Waals surface area contributed by atoms with Gasteiger partial charge in [-0.25, -0.2) is 9.59 Å². The summed E-state index contributed by atoms with van der Waals surface area (Å²) in [6, 6.07) is -2.33. The molecular formula is C25H40N4O8. The maximum absolute atomic E-state index is 13.4. The highest BCUT2D eigenvalue weighted by atomic mass is 16.5. The normalized spacial score (nSPS) is 25.1. The number of amides is 4. The van der Waals surface area contributed by atoms with E-state index in [0.29, 0.717) is 19.4 Å². The molecule has 37 heavy (non-hydrogen) atoms. The topological polar surface area (TPSA) is 172 Å². The number of rotatable bonds is 13. The van der Waals surface area contributed by atoms with Crippen LogP contribution in [0, 0.1) is 17.8 Å². The van der Waals surface area contributed by atoms with Crippen LogP contribution in [0.15, 0.2) is 12.2 Å². The number of carbonyl (C=O) groups excluding carboxylic acids is 5. The standard InChI is InChI=1S/C25H40N4O8/c1-6-36-19(31)8-10-25(13-17(25)16-9-11-26-21(16)32)29-22(33)18(12-14(3)4)27-23(34)20(15(5)30)28-24(35)37-7-2/h8,10,14-18,20,30H,6-7,9,11-13H2,1-5H3,(H,26,32)(H,27,34)(H,28,35)(H,29,33)/b10-8+/t15?,16?,17?,18-,20-,25+/m0/s1. The SMILES string of the molecule is CCOC(=O)/C=C/[C@@]1(NC(=O)[C@H](CC(C)C)NC(=O)[C@@H](NC(=O)OCC)C(C)O)CC1C1CCNC1=O. The Hall–Kier alpha value is -3.15. The first-order valence-corrected chi connectivity index (χ1v) is 12.8. The van der Waals surface area contributed by atoms with Crippen LogP contribution in [-0.2, 0) is 28.7 Å². The average molecular weight is 525 g/mol. The third kappa shape index (κ3) is 8.44. The van der Waals surface area contributed by atoms with Gasteiger partial charge in [0.25, 0.3) is 0 Å². The second-order valence-corrected chi connectivity index (χ2v) is 9.89. The number of esters is 1. The molecule has 0 bridgehead atoms. The Morgan fingerprint density at radius 1 is 1.11 bits per heavy atom. The van der Waals surface area contributed by atoms with Gasteiger partial charge in [-0.2, -0.15) is 0 Å². The van der Waals surface area contributed by atoms with Gasteiger partial charge in [0, 0.05) is 18.5 Å². The minimum Gasteiger partial charge on any atom is -0.463 e. The van der Waals surface area contributed by atoms with Crippen LogP contribution in [0.1, 0.15) is 53.9 Å². The molecule has 1 aliphatic carbocycles. The van der Waals surface area contributed by atoms with E-state index in [1.807, 2.05) is 13.8 Å². The lowest BCUT2D eigenvalue weighted by atomic mass is 9.96. The van der Waals surface area contributed by atoms with Crippen LogP contribution >= 0.6 is 0 Å². The minimum atomic E-state index is -1.34. The highest BCUT2D eigenvalue weighted by Gasteiger charge is 2.59. The van der Waals surface area contributed by atoms with E-state index in [2.05, 4.69) is 21.3 Å². The number of carbonyl (C=O) groups is 5. The zero-order valence-corrected chi connectivity index (χ0v) is 22.2. The van der Waals surface area contributed by atoms with E-state index in [0.717, 1.165) is 0 Å². The lowest BCUT2D eigenvalue weighted by Gasteiger charge is -2.27. The fourth-order valence-electron chi connectivity index (χ4n) is 4.57. The number of nitrogens with one attached hydrogen (secondary N) is 4. The van der Waals surface area contributed by atoms with Crippen molar-refractivity contribution in [2.24, 2.45) is 17.8 Å². The van der Waals surface area contributed by atoms with Crippen LogP contribution in [0.25, 0.3) is 0 Å². The largest absolute Gasteiger partial charge is 0.463 e. The predicted molar refractivity (Wildman–Crippen MR) is 133 cm³/mol. The zero-order valence-electron chi connectivity index (χ0n) is 22.2. The highest BCUT2D eigenvalue weighted by Crippen LogP contribution is 2.51. The third-order valence-corrected chi connectivity index (χ3v) is 6.45. The fourth-order valence-corrected chi connectivity index (χ4v) is 4.57. The number of alkyl carbamates (subject to hydrolysis) is 1. The summed E-state index contributed by atoms with van der Waals surface area (Å²) in [5, 5.41) is 20.7. The van der Waals surface area contributed by atoms with Crippen molar-refractivity contribution in [3.63, 3.8) is 0 Å². The van der Waals surface area contributed by atoms with Gasteiger partial charge in [-0.1, -0.05) is 19.9 Å². The molecule has 0 aromatic carbocycles. The van der Waals surface area contributed by atoms with E-state index >= 15 is 0 Å². The van der Waals surface area contributed by atoms with Crippen LogP contribution < -0.4 is 21.3 Å². The summed E-state index contributed by atoms with van der Waals surface area (Å²) >= 11 is 0. The van der Waals surface area contributed by atoms with E-state index < -0.39 is 47.6 Å². The van der Waals surface area contributed by atoms with Gasteiger partial charge in [-0.05, 0) is 51.9 Å². The Labute approximate surface area is 217 Å². The zero-order chi connectivity index (χ0) is 27.8. The summed E-state index contributed by atoms with van der Waals surface area (Å²) < 4.78 is 9.76. The molecule has 3 unspecified atom stereocenters. The molecule has 2 fully saturated rings. The van der Waals surface area contributed by atoms with Crippen molar-refractivity contribution in [3.05, 3.63) is 12.2 Å². The molecule has 2 aliphatic rings. The van der Waals surface area contributed by atoms with Crippen LogP contribution in [0.3, 0.4) is 0 Å². The van der Waals surface area contributed by atoms with Gasteiger partial charge < -0.3 is 35.8 Å². The number of hydrogen-bond donors (Lipinski definition) is 5. The second kappa shape index (κ2) is 13.4. The molecule has 1 aliphatic heterocycles. The van der Waals surface area contributed by atoms with Gasteiger partial charge in [0.1, 0.15) is 12.1 Å². The van der Waals surface area contributed by atoms with Gasteiger partial charge >= 0.3 is 12.1 Å². The molecule has 1 heterocycles. The molecule has 1 saturated heterocycles. The molecule has 2 rings (SSSR count). The number of hydrogen-bond acceptors (Lipinski definition) is 8. The van der Waals surface area contributed by atoms with Crippen LogP contribution in [0.2, 0.25) is 0 Å². The lowest BCUT2D eigenvalue weighted by Crippen LogP contribution is -2.58. The third-order valence-electron chi connectivity index (χ3n) is 6.45. The second-order valence-electron chi connectivity index (χ2n) is 9.89. The summed E-state index contributed by atoms with van der Waals surface area (Å²) in [6.07, 6.45) is 2.04. The molecule has 0 spiro atoms. The molecule has 5 N–H and O–H groups in total. The number of aliphatic hydroxyl groups is 1.